The van der Waals surface area contributed by atoms with E-state index in [1.807, 2.05) is 25.1 Å². The van der Waals surface area contributed by atoms with Gasteiger partial charge in [0.25, 0.3) is 0 Å². The maximum Gasteiger partial charge on any atom is 0.227 e. The fraction of sp³-hybridized carbons (Fsp3) is 0.292. The number of piperidine rings is 1. The Balaban J connectivity index is 1.52. The van der Waals surface area contributed by atoms with Gasteiger partial charge in [-0.15, -0.1) is 0 Å². The molecule has 2 aromatic carbocycles. The molecule has 164 valence electrons. The van der Waals surface area contributed by atoms with Gasteiger partial charge in [0.1, 0.15) is 11.8 Å². The van der Waals surface area contributed by atoms with Crippen LogP contribution in [0.25, 0.3) is 10.9 Å². The predicted molar refractivity (Wildman–Crippen MR) is 118 cm³/mol. The largest absolute Gasteiger partial charge is 0.494 e. The summed E-state index contributed by atoms with van der Waals surface area (Å²) in [6.45, 7) is 3.58. The standard InChI is InChI=1S/C24H22F2N4O2/c1-2-32-18-4-6-22-19(12-18)23(16(13-27)14-28-22)30-9-7-15(8-10-30)24(31)29-17-3-5-20(25)21(26)11-17/h3-6,11-12,14-15H,2,7-10H2,1H3,(H,29,31). The lowest BCUT2D eigenvalue weighted by Crippen LogP contribution is -2.38. The summed E-state index contributed by atoms with van der Waals surface area (Å²) < 4.78 is 32.1. The van der Waals surface area contributed by atoms with Crippen molar-refractivity contribution in [2.24, 2.45) is 5.92 Å². The normalized spacial score (nSPS) is 14.2. The van der Waals surface area contributed by atoms with Crippen molar-refractivity contribution < 1.29 is 18.3 Å². The van der Waals surface area contributed by atoms with Crippen molar-refractivity contribution in [2.45, 2.75) is 19.8 Å². The van der Waals surface area contributed by atoms with E-state index in [1.165, 1.54) is 6.07 Å². The minimum atomic E-state index is -1.00. The van der Waals surface area contributed by atoms with Crippen LogP contribution < -0.4 is 15.0 Å². The van der Waals surface area contributed by atoms with E-state index in [4.69, 9.17) is 4.74 Å². The molecule has 1 aliphatic heterocycles. The van der Waals surface area contributed by atoms with Gasteiger partial charge in [-0.25, -0.2) is 8.78 Å². The molecule has 1 saturated heterocycles. The molecule has 1 fully saturated rings. The first kappa shape index (κ1) is 21.5. The number of hydrogen-bond donors (Lipinski definition) is 1. The lowest BCUT2D eigenvalue weighted by Gasteiger charge is -2.34. The number of hydrogen-bond acceptors (Lipinski definition) is 5. The zero-order chi connectivity index (χ0) is 22.7. The van der Waals surface area contributed by atoms with E-state index in [0.29, 0.717) is 43.9 Å². The van der Waals surface area contributed by atoms with Crippen molar-refractivity contribution in [3.05, 3.63) is 59.8 Å². The molecule has 8 heteroatoms. The molecule has 0 saturated carbocycles. The lowest BCUT2D eigenvalue weighted by atomic mass is 9.94. The van der Waals surface area contributed by atoms with Gasteiger partial charge in [0, 0.05) is 42.3 Å². The van der Waals surface area contributed by atoms with Crippen molar-refractivity contribution in [1.29, 1.82) is 5.26 Å². The third-order valence-electron chi connectivity index (χ3n) is 5.61. The van der Waals surface area contributed by atoms with Gasteiger partial charge in [-0.1, -0.05) is 0 Å². The average molecular weight is 436 g/mol. The Bertz CT molecular complexity index is 1200. The zero-order valence-corrected chi connectivity index (χ0v) is 17.6. The Morgan fingerprint density at radius 1 is 1.22 bits per heavy atom. The summed E-state index contributed by atoms with van der Waals surface area (Å²) in [5.41, 5.74) is 2.25. The first-order chi connectivity index (χ1) is 15.5. The molecule has 0 aliphatic carbocycles. The quantitative estimate of drug-likeness (QED) is 0.631. The Kier molecular flexibility index (Phi) is 6.17. The second kappa shape index (κ2) is 9.18. The fourth-order valence-electron chi connectivity index (χ4n) is 4.02. The number of rotatable bonds is 5. The van der Waals surface area contributed by atoms with Gasteiger partial charge >= 0.3 is 0 Å². The molecule has 0 bridgehead atoms. The average Bonchev–Trinajstić information content (AvgIpc) is 2.81. The minimum Gasteiger partial charge on any atom is -0.494 e. The Morgan fingerprint density at radius 2 is 2.00 bits per heavy atom. The third-order valence-corrected chi connectivity index (χ3v) is 5.61. The Labute approximate surface area is 184 Å². The van der Waals surface area contributed by atoms with Crippen molar-refractivity contribution in [1.82, 2.24) is 4.98 Å². The number of nitrogens with zero attached hydrogens (tertiary/aromatic N) is 3. The molecule has 0 unspecified atom stereocenters. The van der Waals surface area contributed by atoms with E-state index >= 15 is 0 Å². The van der Waals surface area contributed by atoms with Gasteiger partial charge in [-0.05, 0) is 50.1 Å². The van der Waals surface area contributed by atoms with Crippen LogP contribution in [0.15, 0.2) is 42.6 Å². The van der Waals surface area contributed by atoms with Crippen LogP contribution in [0.3, 0.4) is 0 Å². The lowest BCUT2D eigenvalue weighted by molar-refractivity contribution is -0.120. The molecule has 4 rings (SSSR count). The monoisotopic (exact) mass is 436 g/mol. The van der Waals surface area contributed by atoms with Crippen molar-refractivity contribution in [2.75, 3.05) is 29.9 Å². The van der Waals surface area contributed by atoms with Crippen LogP contribution in [0.2, 0.25) is 0 Å². The first-order valence-electron chi connectivity index (χ1n) is 10.5. The van der Waals surface area contributed by atoms with E-state index in [-0.39, 0.29) is 17.5 Å². The molecular weight excluding hydrogens is 414 g/mol. The highest BCUT2D eigenvalue weighted by molar-refractivity contribution is 5.96. The summed E-state index contributed by atoms with van der Waals surface area (Å²) in [5.74, 6) is -1.75. The second-order valence-electron chi connectivity index (χ2n) is 7.62. The zero-order valence-electron chi connectivity index (χ0n) is 17.6. The van der Waals surface area contributed by atoms with Gasteiger partial charge in [0.05, 0.1) is 23.4 Å². The van der Waals surface area contributed by atoms with Gasteiger partial charge in [0.2, 0.25) is 5.91 Å². The Hall–Kier alpha value is -3.73. The van der Waals surface area contributed by atoms with Crippen LogP contribution in [-0.4, -0.2) is 30.6 Å². The van der Waals surface area contributed by atoms with Crippen molar-refractivity contribution in [3.63, 3.8) is 0 Å². The van der Waals surface area contributed by atoms with Crippen LogP contribution in [0.1, 0.15) is 25.3 Å². The number of ether oxygens (including phenoxy) is 1. The number of amides is 1. The second-order valence-corrected chi connectivity index (χ2v) is 7.62. The number of benzene rings is 2. The summed E-state index contributed by atoms with van der Waals surface area (Å²) in [7, 11) is 0. The molecular formula is C24H22F2N4O2. The van der Waals surface area contributed by atoms with Gasteiger partial charge in [-0.2, -0.15) is 5.26 Å². The topological polar surface area (TPSA) is 78.2 Å². The maximum absolute atomic E-state index is 13.4. The van der Waals surface area contributed by atoms with Gasteiger partial charge < -0.3 is 15.0 Å². The molecule has 3 aromatic rings. The van der Waals surface area contributed by atoms with Crippen molar-refractivity contribution in [3.8, 4) is 11.8 Å². The highest BCUT2D eigenvalue weighted by Gasteiger charge is 2.27. The number of carbonyl (C=O) groups is 1. The molecule has 2 heterocycles. The summed E-state index contributed by atoms with van der Waals surface area (Å²) in [5, 5.41) is 13.2. The summed E-state index contributed by atoms with van der Waals surface area (Å²) in [4.78, 5) is 19.1. The van der Waals surface area contributed by atoms with E-state index in [9.17, 15) is 18.8 Å². The maximum atomic E-state index is 13.4. The molecule has 32 heavy (non-hydrogen) atoms. The molecule has 1 amide bonds. The van der Waals surface area contributed by atoms with Crippen molar-refractivity contribution >= 4 is 28.2 Å². The van der Waals surface area contributed by atoms with E-state index in [0.717, 1.165) is 28.7 Å². The predicted octanol–water partition coefficient (Wildman–Crippen LogP) is 4.64. The molecule has 1 N–H and O–H groups in total. The highest BCUT2D eigenvalue weighted by atomic mass is 19.2. The number of pyridine rings is 1. The van der Waals surface area contributed by atoms with Crippen LogP contribution in [-0.2, 0) is 4.79 Å². The number of halogens is 2. The smallest absolute Gasteiger partial charge is 0.227 e. The van der Waals surface area contributed by atoms with E-state index in [1.54, 1.807) is 6.20 Å². The third kappa shape index (κ3) is 4.33. The molecule has 0 spiro atoms. The van der Waals surface area contributed by atoms with Crippen LogP contribution in [0.5, 0.6) is 5.75 Å². The SMILES string of the molecule is CCOc1ccc2ncc(C#N)c(N3CCC(C(=O)Nc4ccc(F)c(F)c4)CC3)c2c1. The first-order valence-corrected chi connectivity index (χ1v) is 10.5. The number of nitrogens with one attached hydrogen (secondary N) is 1. The number of fused-ring (bicyclic) bond motifs is 1. The van der Waals surface area contributed by atoms with E-state index < -0.39 is 11.6 Å². The van der Waals surface area contributed by atoms with Gasteiger partial charge in [-0.3, -0.25) is 9.78 Å². The van der Waals surface area contributed by atoms with Crippen LogP contribution in [0, 0.1) is 28.9 Å². The summed E-state index contributed by atoms with van der Waals surface area (Å²) in [6.07, 6.45) is 2.70. The highest BCUT2D eigenvalue weighted by Crippen LogP contribution is 2.34. The minimum absolute atomic E-state index is 0.227. The Morgan fingerprint density at radius 3 is 2.69 bits per heavy atom. The fourth-order valence-corrected chi connectivity index (χ4v) is 4.02. The number of carbonyl (C=O) groups excluding carboxylic acids is 1. The van der Waals surface area contributed by atoms with Crippen LogP contribution >= 0.6 is 0 Å². The number of nitriles is 1. The molecule has 1 aliphatic rings. The molecule has 0 radical (unpaired) electrons. The molecule has 0 atom stereocenters. The number of aromatic nitrogens is 1. The van der Waals surface area contributed by atoms with Crippen LogP contribution in [0.4, 0.5) is 20.2 Å². The molecule has 6 nitrogen and oxygen atoms in total. The summed E-state index contributed by atoms with van der Waals surface area (Å²) in [6, 6.07) is 11.1. The number of anilines is 2. The summed E-state index contributed by atoms with van der Waals surface area (Å²) >= 11 is 0. The van der Waals surface area contributed by atoms with E-state index in [2.05, 4.69) is 21.3 Å². The molecule has 1 aromatic heterocycles. The van der Waals surface area contributed by atoms with Gasteiger partial charge in [0.15, 0.2) is 11.6 Å².